The monoisotopic (exact) mass is 399 g/mol. The van der Waals surface area contributed by atoms with Crippen LogP contribution >= 0.6 is 46.3 Å². The third-order valence-electron chi connectivity index (χ3n) is 3.02. The van der Waals surface area contributed by atoms with Crippen LogP contribution in [0.3, 0.4) is 0 Å². The molecular formula is C14H11Cl2N5OS2. The predicted molar refractivity (Wildman–Crippen MR) is 97.9 cm³/mol. The number of amides is 1. The van der Waals surface area contributed by atoms with Crippen molar-refractivity contribution < 1.29 is 4.79 Å². The van der Waals surface area contributed by atoms with E-state index in [1.54, 1.807) is 28.3 Å². The number of anilines is 1. The van der Waals surface area contributed by atoms with Crippen molar-refractivity contribution in [1.82, 2.24) is 19.7 Å². The second kappa shape index (κ2) is 7.52. The lowest BCUT2D eigenvalue weighted by Gasteiger charge is -2.05. The molecule has 0 fully saturated rings. The Labute approximate surface area is 156 Å². The summed E-state index contributed by atoms with van der Waals surface area (Å²) in [5.41, 5.74) is 0.804. The van der Waals surface area contributed by atoms with Gasteiger partial charge in [-0.1, -0.05) is 35.0 Å². The van der Waals surface area contributed by atoms with Crippen molar-refractivity contribution in [1.29, 1.82) is 0 Å². The summed E-state index contributed by atoms with van der Waals surface area (Å²) < 4.78 is 1.81. The number of nitrogens with one attached hydrogen (secondary N) is 1. The summed E-state index contributed by atoms with van der Waals surface area (Å²) >= 11 is 14.6. The van der Waals surface area contributed by atoms with Crippen LogP contribution in [-0.2, 0) is 11.8 Å². The number of benzene rings is 1. The molecule has 0 spiro atoms. The minimum absolute atomic E-state index is 0.144. The van der Waals surface area contributed by atoms with Crippen LogP contribution in [-0.4, -0.2) is 31.4 Å². The zero-order chi connectivity index (χ0) is 17.1. The van der Waals surface area contributed by atoms with E-state index in [4.69, 9.17) is 23.2 Å². The van der Waals surface area contributed by atoms with E-state index in [9.17, 15) is 4.79 Å². The van der Waals surface area contributed by atoms with Gasteiger partial charge in [-0.15, -0.1) is 21.5 Å². The summed E-state index contributed by atoms with van der Waals surface area (Å²) in [6.45, 7) is 0. The average molecular weight is 400 g/mol. The molecule has 3 aromatic rings. The summed E-state index contributed by atoms with van der Waals surface area (Å²) in [7, 11) is 1.83. The van der Waals surface area contributed by atoms with Crippen molar-refractivity contribution in [2.24, 2.45) is 7.05 Å². The van der Waals surface area contributed by atoms with Crippen LogP contribution in [0.1, 0.15) is 0 Å². The van der Waals surface area contributed by atoms with E-state index >= 15 is 0 Å². The SMILES string of the molecule is Cn1c(SCC(=O)Nc2nccs2)nnc1-c1ccc(Cl)c(Cl)c1. The molecule has 1 amide bonds. The highest BCUT2D eigenvalue weighted by Crippen LogP contribution is 2.29. The van der Waals surface area contributed by atoms with E-state index in [0.29, 0.717) is 26.2 Å². The van der Waals surface area contributed by atoms with Gasteiger partial charge < -0.3 is 9.88 Å². The standard InChI is InChI=1S/C14H11Cl2N5OS2/c1-21-12(8-2-3-9(15)10(16)6-8)19-20-14(21)24-7-11(22)18-13-17-4-5-23-13/h2-6H,7H2,1H3,(H,17,18,22). The Morgan fingerprint density at radius 2 is 2.17 bits per heavy atom. The molecule has 0 radical (unpaired) electrons. The Bertz CT molecular complexity index is 866. The maximum atomic E-state index is 11.9. The van der Waals surface area contributed by atoms with Crippen molar-refractivity contribution in [3.8, 4) is 11.4 Å². The zero-order valence-corrected chi connectivity index (χ0v) is 15.5. The molecule has 0 atom stereocenters. The van der Waals surface area contributed by atoms with Gasteiger partial charge in [0, 0.05) is 24.2 Å². The Balaban J connectivity index is 1.68. The molecule has 0 unspecified atom stereocenters. The molecule has 1 N–H and O–H groups in total. The second-order valence-corrected chi connectivity index (χ2v) is 7.32. The zero-order valence-electron chi connectivity index (χ0n) is 12.4. The highest BCUT2D eigenvalue weighted by molar-refractivity contribution is 7.99. The molecule has 0 aliphatic rings. The van der Waals surface area contributed by atoms with E-state index in [0.717, 1.165) is 5.56 Å². The first-order chi connectivity index (χ1) is 11.5. The molecule has 0 bridgehead atoms. The fraction of sp³-hybridized carbons (Fsp3) is 0.143. The van der Waals surface area contributed by atoms with Crippen LogP contribution in [0, 0.1) is 0 Å². The van der Waals surface area contributed by atoms with Gasteiger partial charge in [-0.05, 0) is 18.2 Å². The van der Waals surface area contributed by atoms with Gasteiger partial charge in [0.05, 0.1) is 15.8 Å². The van der Waals surface area contributed by atoms with Gasteiger partial charge in [-0.3, -0.25) is 4.79 Å². The normalized spacial score (nSPS) is 10.8. The Morgan fingerprint density at radius 1 is 1.33 bits per heavy atom. The lowest BCUT2D eigenvalue weighted by molar-refractivity contribution is -0.113. The largest absolute Gasteiger partial charge is 0.305 e. The molecule has 1 aromatic carbocycles. The number of halogens is 2. The molecule has 24 heavy (non-hydrogen) atoms. The highest BCUT2D eigenvalue weighted by Gasteiger charge is 2.14. The summed E-state index contributed by atoms with van der Waals surface area (Å²) in [6, 6.07) is 5.27. The first kappa shape index (κ1) is 17.2. The fourth-order valence-electron chi connectivity index (χ4n) is 1.90. The molecule has 2 heterocycles. The van der Waals surface area contributed by atoms with Crippen LogP contribution in [0.4, 0.5) is 5.13 Å². The minimum atomic E-state index is -0.144. The summed E-state index contributed by atoms with van der Waals surface area (Å²) in [5.74, 6) is 0.720. The van der Waals surface area contributed by atoms with Gasteiger partial charge in [0.25, 0.3) is 0 Å². The van der Waals surface area contributed by atoms with Crippen LogP contribution in [0.25, 0.3) is 11.4 Å². The first-order valence-corrected chi connectivity index (χ1v) is 9.33. The van der Waals surface area contributed by atoms with Gasteiger partial charge in [0.15, 0.2) is 16.1 Å². The number of hydrogen-bond acceptors (Lipinski definition) is 6. The number of thiazole rings is 1. The van der Waals surface area contributed by atoms with Crippen LogP contribution in [0.2, 0.25) is 10.0 Å². The van der Waals surface area contributed by atoms with Gasteiger partial charge >= 0.3 is 0 Å². The minimum Gasteiger partial charge on any atom is -0.305 e. The number of thioether (sulfide) groups is 1. The Morgan fingerprint density at radius 3 is 2.88 bits per heavy atom. The lowest BCUT2D eigenvalue weighted by atomic mass is 10.2. The summed E-state index contributed by atoms with van der Waals surface area (Å²) in [4.78, 5) is 15.9. The number of rotatable bonds is 5. The van der Waals surface area contributed by atoms with Crippen LogP contribution in [0.15, 0.2) is 34.9 Å². The Kier molecular flexibility index (Phi) is 5.40. The quantitative estimate of drug-likeness (QED) is 0.656. The highest BCUT2D eigenvalue weighted by atomic mass is 35.5. The molecule has 0 saturated heterocycles. The third kappa shape index (κ3) is 3.89. The average Bonchev–Trinajstić information content (AvgIpc) is 3.18. The summed E-state index contributed by atoms with van der Waals surface area (Å²) in [6.07, 6.45) is 1.64. The molecule has 2 aromatic heterocycles. The number of hydrogen-bond donors (Lipinski definition) is 1. The van der Waals surface area contributed by atoms with E-state index in [2.05, 4.69) is 20.5 Å². The molecule has 0 saturated carbocycles. The molecule has 10 heteroatoms. The van der Waals surface area contributed by atoms with Crippen molar-refractivity contribution in [2.75, 3.05) is 11.1 Å². The maximum absolute atomic E-state index is 11.9. The number of nitrogens with zero attached hydrogens (tertiary/aromatic N) is 4. The molecule has 3 rings (SSSR count). The van der Waals surface area contributed by atoms with E-state index in [1.165, 1.54) is 23.1 Å². The Hall–Kier alpha value is -1.61. The second-order valence-electron chi connectivity index (χ2n) is 4.67. The van der Waals surface area contributed by atoms with Crippen molar-refractivity contribution in [3.63, 3.8) is 0 Å². The maximum Gasteiger partial charge on any atom is 0.236 e. The number of aromatic nitrogens is 4. The predicted octanol–water partition coefficient (Wildman–Crippen LogP) is 3.98. The molecule has 0 aliphatic heterocycles. The number of carbonyl (C=O) groups is 1. The van der Waals surface area contributed by atoms with Gasteiger partial charge in [0.1, 0.15) is 0 Å². The molecule has 0 aliphatic carbocycles. The van der Waals surface area contributed by atoms with E-state index in [1.807, 2.05) is 13.1 Å². The lowest BCUT2D eigenvalue weighted by Crippen LogP contribution is -2.14. The van der Waals surface area contributed by atoms with Crippen molar-refractivity contribution in [3.05, 3.63) is 39.8 Å². The van der Waals surface area contributed by atoms with Crippen molar-refractivity contribution >= 4 is 57.3 Å². The van der Waals surface area contributed by atoms with Crippen molar-refractivity contribution in [2.45, 2.75) is 5.16 Å². The fourth-order valence-corrected chi connectivity index (χ4v) is 3.45. The van der Waals surface area contributed by atoms with Gasteiger partial charge in [-0.2, -0.15) is 0 Å². The summed E-state index contributed by atoms with van der Waals surface area (Å²) in [5, 5.41) is 14.9. The van der Waals surface area contributed by atoms with Crippen LogP contribution in [0.5, 0.6) is 0 Å². The topological polar surface area (TPSA) is 72.7 Å². The smallest absolute Gasteiger partial charge is 0.236 e. The third-order valence-corrected chi connectivity index (χ3v) is 5.47. The first-order valence-electron chi connectivity index (χ1n) is 6.71. The molecule has 6 nitrogen and oxygen atoms in total. The van der Waals surface area contributed by atoms with E-state index < -0.39 is 0 Å². The van der Waals surface area contributed by atoms with Gasteiger partial charge in [-0.25, -0.2) is 4.98 Å². The van der Waals surface area contributed by atoms with Crippen LogP contribution < -0.4 is 5.32 Å². The number of carbonyl (C=O) groups excluding carboxylic acids is 1. The molecular weight excluding hydrogens is 389 g/mol. The van der Waals surface area contributed by atoms with E-state index in [-0.39, 0.29) is 11.7 Å². The van der Waals surface area contributed by atoms with Gasteiger partial charge in [0.2, 0.25) is 5.91 Å². The molecule has 124 valence electrons.